The average molecular weight is 463 g/mol. The Bertz CT molecular complexity index is 1040. The molecule has 0 saturated heterocycles. The molecule has 0 aliphatic carbocycles. The Balaban J connectivity index is 1.87. The van der Waals surface area contributed by atoms with E-state index in [1.807, 2.05) is 30.3 Å². The maximum Gasteiger partial charge on any atom is 0.118 e. The van der Waals surface area contributed by atoms with Crippen LogP contribution < -0.4 is 4.74 Å². The molecule has 4 aromatic rings. The van der Waals surface area contributed by atoms with Crippen molar-refractivity contribution in [2.45, 2.75) is 0 Å². The van der Waals surface area contributed by atoms with Gasteiger partial charge in [-0.05, 0) is 82.2 Å². The maximum atomic E-state index is 5.28. The quantitative estimate of drug-likeness (QED) is 0.315. The Labute approximate surface area is 173 Å². The first-order valence-corrected chi connectivity index (χ1v) is 9.79. The number of halogens is 1. The van der Waals surface area contributed by atoms with Crippen molar-refractivity contribution in [3.05, 3.63) is 94.6 Å². The Kier molecular flexibility index (Phi) is 5.21. The van der Waals surface area contributed by atoms with Crippen molar-refractivity contribution < 1.29 is 4.74 Å². The van der Waals surface area contributed by atoms with Crippen LogP contribution in [0.2, 0.25) is 0 Å². The largest absolute Gasteiger partial charge is 0.497 e. The molecule has 0 atom stereocenters. The molecule has 4 rings (SSSR count). The third kappa shape index (κ3) is 4.03. The van der Waals surface area contributed by atoms with Gasteiger partial charge in [0.25, 0.3) is 0 Å². The Morgan fingerprint density at radius 2 is 1.19 bits per heavy atom. The molecule has 0 fully saturated rings. The van der Waals surface area contributed by atoms with Crippen LogP contribution in [0.5, 0.6) is 5.75 Å². The highest BCUT2D eigenvalue weighted by Gasteiger charge is 2.09. The van der Waals surface area contributed by atoms with Gasteiger partial charge in [-0.1, -0.05) is 42.5 Å². The summed E-state index contributed by atoms with van der Waals surface area (Å²) in [5, 5.41) is 0. The van der Waals surface area contributed by atoms with Gasteiger partial charge in [-0.15, -0.1) is 0 Å². The van der Waals surface area contributed by atoms with Crippen LogP contribution in [-0.4, -0.2) is 12.1 Å². The van der Waals surface area contributed by atoms with Crippen molar-refractivity contribution in [2.24, 2.45) is 0 Å². The topological polar surface area (TPSA) is 22.1 Å². The molecule has 2 nitrogen and oxygen atoms in total. The van der Waals surface area contributed by atoms with Gasteiger partial charge in [-0.3, -0.25) is 0 Å². The van der Waals surface area contributed by atoms with Crippen LogP contribution in [0.4, 0.5) is 0 Å². The third-order valence-electron chi connectivity index (χ3n) is 4.46. The fraction of sp³-hybridized carbons (Fsp3) is 0.0417. The average Bonchev–Trinajstić information content (AvgIpc) is 2.74. The lowest BCUT2D eigenvalue weighted by molar-refractivity contribution is 0.415. The number of nitrogens with zero attached hydrogens (tertiary/aromatic N) is 1. The Morgan fingerprint density at radius 3 is 1.74 bits per heavy atom. The maximum absolute atomic E-state index is 5.28. The minimum atomic E-state index is 0.843. The zero-order chi connectivity index (χ0) is 18.6. The predicted octanol–water partition coefficient (Wildman–Crippen LogP) is 6.70. The normalized spacial score (nSPS) is 10.6. The fourth-order valence-corrected chi connectivity index (χ4v) is 3.37. The molecule has 1 aromatic heterocycles. The zero-order valence-corrected chi connectivity index (χ0v) is 17.1. The molecule has 0 aliphatic heterocycles. The second kappa shape index (κ2) is 7.92. The molecule has 0 saturated carbocycles. The second-order valence-corrected chi connectivity index (χ2v) is 7.47. The first kappa shape index (κ1) is 17.7. The first-order chi connectivity index (χ1) is 13.2. The number of hydrogen-bond donors (Lipinski definition) is 0. The standard InChI is InChI=1S/C24H18INO/c1-27-22-13-9-19(10-14-22)24-16-20(17-5-3-2-4-6-17)15-23(26-24)18-7-11-21(25)12-8-18/h2-16H,1H3. The molecule has 0 aliphatic rings. The van der Waals surface area contributed by atoms with Crippen molar-refractivity contribution in [1.82, 2.24) is 4.98 Å². The van der Waals surface area contributed by atoms with Crippen molar-refractivity contribution in [3.63, 3.8) is 0 Å². The molecule has 3 heteroatoms. The summed E-state index contributed by atoms with van der Waals surface area (Å²) in [5.74, 6) is 0.843. The SMILES string of the molecule is COc1ccc(-c2cc(-c3ccccc3)cc(-c3ccc(I)cc3)n2)cc1. The van der Waals surface area contributed by atoms with Crippen molar-refractivity contribution >= 4 is 22.6 Å². The molecule has 0 spiro atoms. The van der Waals surface area contributed by atoms with Gasteiger partial charge in [0, 0.05) is 14.7 Å². The van der Waals surface area contributed by atoms with Gasteiger partial charge in [-0.25, -0.2) is 4.98 Å². The summed E-state index contributed by atoms with van der Waals surface area (Å²) < 4.78 is 6.50. The summed E-state index contributed by atoms with van der Waals surface area (Å²) in [6.45, 7) is 0. The Hall–Kier alpha value is -2.66. The van der Waals surface area contributed by atoms with Crippen LogP contribution in [0, 0.1) is 3.57 Å². The van der Waals surface area contributed by atoms with E-state index in [0.29, 0.717) is 0 Å². The highest BCUT2D eigenvalue weighted by molar-refractivity contribution is 14.1. The second-order valence-electron chi connectivity index (χ2n) is 6.23. The number of aromatic nitrogens is 1. The smallest absolute Gasteiger partial charge is 0.118 e. The van der Waals surface area contributed by atoms with E-state index in [0.717, 1.165) is 33.8 Å². The summed E-state index contributed by atoms with van der Waals surface area (Å²) in [4.78, 5) is 4.94. The lowest BCUT2D eigenvalue weighted by Gasteiger charge is -2.11. The molecule has 27 heavy (non-hydrogen) atoms. The zero-order valence-electron chi connectivity index (χ0n) is 14.9. The van der Waals surface area contributed by atoms with Crippen LogP contribution in [0.25, 0.3) is 33.6 Å². The van der Waals surface area contributed by atoms with E-state index in [1.165, 1.54) is 9.13 Å². The molecule has 3 aromatic carbocycles. The number of ether oxygens (including phenoxy) is 1. The van der Waals surface area contributed by atoms with Crippen LogP contribution >= 0.6 is 22.6 Å². The van der Waals surface area contributed by atoms with E-state index in [1.54, 1.807) is 7.11 Å². The van der Waals surface area contributed by atoms with Gasteiger partial charge >= 0.3 is 0 Å². The van der Waals surface area contributed by atoms with Gasteiger partial charge in [0.15, 0.2) is 0 Å². The van der Waals surface area contributed by atoms with E-state index < -0.39 is 0 Å². The minimum absolute atomic E-state index is 0.843. The van der Waals surface area contributed by atoms with Crippen molar-refractivity contribution in [1.29, 1.82) is 0 Å². The summed E-state index contributed by atoms with van der Waals surface area (Å²) in [7, 11) is 1.68. The summed E-state index contributed by atoms with van der Waals surface area (Å²) in [6, 6.07) is 31.2. The van der Waals surface area contributed by atoms with Crippen molar-refractivity contribution in [3.8, 4) is 39.4 Å². The molecular weight excluding hydrogens is 445 g/mol. The van der Waals surface area contributed by atoms with E-state index in [4.69, 9.17) is 9.72 Å². The fourth-order valence-electron chi connectivity index (χ4n) is 3.01. The highest BCUT2D eigenvalue weighted by Crippen LogP contribution is 2.31. The number of benzene rings is 3. The molecule has 1 heterocycles. The van der Waals surface area contributed by atoms with Gasteiger partial charge in [0.2, 0.25) is 0 Å². The lowest BCUT2D eigenvalue weighted by atomic mass is 10.00. The molecule has 0 unspecified atom stereocenters. The molecule has 132 valence electrons. The highest BCUT2D eigenvalue weighted by atomic mass is 127. The summed E-state index contributed by atoms with van der Waals surface area (Å²) >= 11 is 2.32. The van der Waals surface area contributed by atoms with E-state index in [9.17, 15) is 0 Å². The number of rotatable bonds is 4. The van der Waals surface area contributed by atoms with Gasteiger partial charge in [-0.2, -0.15) is 0 Å². The molecule has 0 amide bonds. The first-order valence-electron chi connectivity index (χ1n) is 8.71. The Morgan fingerprint density at radius 1 is 0.630 bits per heavy atom. The summed E-state index contributed by atoms with van der Waals surface area (Å²) in [6.07, 6.45) is 0. The van der Waals surface area contributed by atoms with E-state index in [2.05, 4.69) is 83.3 Å². The lowest BCUT2D eigenvalue weighted by Crippen LogP contribution is -1.91. The minimum Gasteiger partial charge on any atom is -0.497 e. The number of pyridine rings is 1. The van der Waals surface area contributed by atoms with Gasteiger partial charge < -0.3 is 4.74 Å². The molecule has 0 bridgehead atoms. The summed E-state index contributed by atoms with van der Waals surface area (Å²) in [5.41, 5.74) is 6.45. The third-order valence-corrected chi connectivity index (χ3v) is 5.18. The van der Waals surface area contributed by atoms with Crippen molar-refractivity contribution in [2.75, 3.05) is 7.11 Å². The van der Waals surface area contributed by atoms with Crippen LogP contribution in [0.1, 0.15) is 0 Å². The van der Waals surface area contributed by atoms with E-state index >= 15 is 0 Å². The number of methoxy groups -OCH3 is 1. The number of hydrogen-bond acceptors (Lipinski definition) is 2. The predicted molar refractivity (Wildman–Crippen MR) is 120 cm³/mol. The monoisotopic (exact) mass is 463 g/mol. The van der Waals surface area contributed by atoms with Gasteiger partial charge in [0.1, 0.15) is 5.75 Å². The molecule has 0 N–H and O–H groups in total. The van der Waals surface area contributed by atoms with Gasteiger partial charge in [0.05, 0.1) is 18.5 Å². The van der Waals surface area contributed by atoms with Crippen LogP contribution in [0.15, 0.2) is 91.0 Å². The molecular formula is C24H18INO. The van der Waals surface area contributed by atoms with Crippen LogP contribution in [-0.2, 0) is 0 Å². The van der Waals surface area contributed by atoms with Crippen LogP contribution in [0.3, 0.4) is 0 Å². The van der Waals surface area contributed by atoms with E-state index in [-0.39, 0.29) is 0 Å². The molecule has 0 radical (unpaired) electrons.